The molecule has 1 aromatic carbocycles. The van der Waals surface area contributed by atoms with Gasteiger partial charge in [0.05, 0.1) is 18.3 Å². The predicted molar refractivity (Wildman–Crippen MR) is 93.9 cm³/mol. The fourth-order valence-corrected chi connectivity index (χ4v) is 3.51. The molecule has 0 saturated carbocycles. The molecule has 28 heavy (non-hydrogen) atoms. The SMILES string of the molecule is NC(=O)n1cc2c(n1)C(CNC(=O)O)N1CC2N(OCc2ccccc2)C1=O. The summed E-state index contributed by atoms with van der Waals surface area (Å²) in [5.41, 5.74) is 7.23. The fourth-order valence-electron chi connectivity index (χ4n) is 3.51. The molecule has 0 aliphatic carbocycles. The van der Waals surface area contributed by atoms with Gasteiger partial charge >= 0.3 is 18.2 Å². The predicted octanol–water partition coefficient (Wildman–Crippen LogP) is 1.04. The van der Waals surface area contributed by atoms with Crippen molar-refractivity contribution in [1.82, 2.24) is 25.1 Å². The van der Waals surface area contributed by atoms with Gasteiger partial charge in [-0.05, 0) is 5.56 Å². The van der Waals surface area contributed by atoms with Gasteiger partial charge in [-0.3, -0.25) is 4.84 Å². The number of hydrogen-bond acceptors (Lipinski definition) is 5. The van der Waals surface area contributed by atoms with Crippen LogP contribution in [0.3, 0.4) is 0 Å². The topological polar surface area (TPSA) is 143 Å². The molecule has 146 valence electrons. The average molecular weight is 386 g/mol. The first kappa shape index (κ1) is 17.8. The number of amides is 4. The van der Waals surface area contributed by atoms with Crippen LogP contribution in [-0.2, 0) is 11.4 Å². The minimum atomic E-state index is -1.22. The Morgan fingerprint density at radius 3 is 2.75 bits per heavy atom. The van der Waals surface area contributed by atoms with E-state index in [0.717, 1.165) is 10.2 Å². The maximum absolute atomic E-state index is 12.9. The summed E-state index contributed by atoms with van der Waals surface area (Å²) in [5, 5.41) is 16.6. The van der Waals surface area contributed by atoms with Crippen molar-refractivity contribution in [1.29, 1.82) is 0 Å². The second-order valence-electron chi connectivity index (χ2n) is 6.49. The van der Waals surface area contributed by atoms with Crippen LogP contribution in [0.2, 0.25) is 0 Å². The maximum Gasteiger partial charge on any atom is 0.404 e. The summed E-state index contributed by atoms with van der Waals surface area (Å²) < 4.78 is 0.986. The number of benzene rings is 1. The van der Waals surface area contributed by atoms with Gasteiger partial charge in [0.1, 0.15) is 12.6 Å². The number of hydroxylamine groups is 2. The van der Waals surface area contributed by atoms with Gasteiger partial charge in [0.15, 0.2) is 0 Å². The molecule has 1 aromatic heterocycles. The van der Waals surface area contributed by atoms with Crippen LogP contribution in [0, 0.1) is 0 Å². The van der Waals surface area contributed by atoms with E-state index in [1.807, 2.05) is 30.3 Å². The van der Waals surface area contributed by atoms with Crippen molar-refractivity contribution in [3.8, 4) is 0 Å². The molecule has 2 aliphatic rings. The van der Waals surface area contributed by atoms with Crippen molar-refractivity contribution < 1.29 is 24.3 Å². The molecule has 3 heterocycles. The Kier molecular flexibility index (Phi) is 4.35. The van der Waals surface area contributed by atoms with E-state index in [1.165, 1.54) is 16.2 Å². The second kappa shape index (κ2) is 6.85. The van der Waals surface area contributed by atoms with Crippen molar-refractivity contribution in [2.45, 2.75) is 18.7 Å². The first-order valence-corrected chi connectivity index (χ1v) is 8.58. The van der Waals surface area contributed by atoms with Gasteiger partial charge in [-0.15, -0.1) is 0 Å². The Morgan fingerprint density at radius 2 is 2.07 bits per heavy atom. The number of urea groups is 1. The molecule has 2 aromatic rings. The van der Waals surface area contributed by atoms with Crippen LogP contribution in [0.1, 0.15) is 28.9 Å². The van der Waals surface area contributed by atoms with Gasteiger partial charge in [-0.1, -0.05) is 30.3 Å². The molecule has 1 fully saturated rings. The molecule has 11 heteroatoms. The number of nitrogens with zero attached hydrogens (tertiary/aromatic N) is 4. The first-order valence-electron chi connectivity index (χ1n) is 8.58. The highest BCUT2D eigenvalue weighted by Crippen LogP contribution is 2.43. The van der Waals surface area contributed by atoms with E-state index >= 15 is 0 Å². The van der Waals surface area contributed by atoms with Gasteiger partial charge in [0.2, 0.25) is 0 Å². The molecule has 11 nitrogen and oxygen atoms in total. The number of nitrogens with two attached hydrogens (primary N) is 1. The van der Waals surface area contributed by atoms with Crippen molar-refractivity contribution in [3.63, 3.8) is 0 Å². The normalized spacial score (nSPS) is 20.2. The van der Waals surface area contributed by atoms with Crippen molar-refractivity contribution in [2.75, 3.05) is 13.1 Å². The lowest BCUT2D eigenvalue weighted by atomic mass is 9.98. The van der Waals surface area contributed by atoms with Crippen LogP contribution >= 0.6 is 0 Å². The third kappa shape index (κ3) is 3.01. The van der Waals surface area contributed by atoms with E-state index in [-0.39, 0.29) is 25.7 Å². The zero-order valence-corrected chi connectivity index (χ0v) is 14.7. The molecule has 0 radical (unpaired) electrons. The van der Waals surface area contributed by atoms with Crippen LogP contribution in [-0.4, -0.2) is 56.1 Å². The highest BCUT2D eigenvalue weighted by molar-refractivity contribution is 5.79. The second-order valence-corrected chi connectivity index (χ2v) is 6.49. The molecule has 4 amide bonds. The lowest BCUT2D eigenvalue weighted by Crippen LogP contribution is -2.41. The summed E-state index contributed by atoms with van der Waals surface area (Å²) in [6.07, 6.45) is 0.243. The minimum absolute atomic E-state index is 0.0664. The van der Waals surface area contributed by atoms with E-state index in [4.69, 9.17) is 15.7 Å². The van der Waals surface area contributed by atoms with Crippen molar-refractivity contribution in [2.24, 2.45) is 5.73 Å². The highest BCUT2D eigenvalue weighted by Gasteiger charge is 2.50. The van der Waals surface area contributed by atoms with E-state index in [2.05, 4.69) is 10.4 Å². The number of aromatic nitrogens is 2. The van der Waals surface area contributed by atoms with Crippen LogP contribution in [0.5, 0.6) is 0 Å². The molecule has 2 bridgehead atoms. The van der Waals surface area contributed by atoms with E-state index in [0.29, 0.717) is 11.3 Å². The van der Waals surface area contributed by atoms with Crippen LogP contribution in [0.15, 0.2) is 36.5 Å². The molecule has 1 saturated heterocycles. The van der Waals surface area contributed by atoms with Gasteiger partial charge in [-0.25, -0.2) is 14.4 Å². The van der Waals surface area contributed by atoms with Crippen LogP contribution in [0.4, 0.5) is 14.4 Å². The van der Waals surface area contributed by atoms with Gasteiger partial charge in [0, 0.05) is 18.3 Å². The molecule has 2 aliphatic heterocycles. The zero-order valence-electron chi connectivity index (χ0n) is 14.7. The number of carboxylic acid groups (broad SMARTS) is 1. The zero-order chi connectivity index (χ0) is 19.8. The smallest absolute Gasteiger partial charge is 0.404 e. The van der Waals surface area contributed by atoms with E-state index in [9.17, 15) is 14.4 Å². The Labute approximate surface area is 159 Å². The fraction of sp³-hybridized carbons (Fsp3) is 0.294. The van der Waals surface area contributed by atoms with Crippen LogP contribution < -0.4 is 11.1 Å². The summed E-state index contributed by atoms with van der Waals surface area (Å²) in [6, 6.07) is 7.08. The number of primary amides is 1. The van der Waals surface area contributed by atoms with E-state index < -0.39 is 24.2 Å². The summed E-state index contributed by atoms with van der Waals surface area (Å²) in [5.74, 6) is 0. The largest absolute Gasteiger partial charge is 0.465 e. The highest BCUT2D eigenvalue weighted by atomic mass is 16.7. The quantitative estimate of drug-likeness (QED) is 0.701. The summed E-state index contributed by atoms with van der Waals surface area (Å²) in [6.45, 7) is 0.411. The summed E-state index contributed by atoms with van der Waals surface area (Å²) in [7, 11) is 0. The van der Waals surface area contributed by atoms with Gasteiger partial charge < -0.3 is 21.1 Å². The molecule has 0 spiro atoms. The van der Waals surface area contributed by atoms with E-state index in [1.54, 1.807) is 0 Å². The van der Waals surface area contributed by atoms with Crippen LogP contribution in [0.25, 0.3) is 0 Å². The lowest BCUT2D eigenvalue weighted by molar-refractivity contribution is -0.141. The lowest BCUT2D eigenvalue weighted by Gasteiger charge is -2.29. The number of nitrogens with one attached hydrogen (secondary N) is 1. The summed E-state index contributed by atoms with van der Waals surface area (Å²) in [4.78, 5) is 42.6. The Bertz CT molecular complexity index is 929. The Balaban J connectivity index is 1.63. The number of carbonyl (C=O) groups excluding carboxylic acids is 2. The third-order valence-corrected chi connectivity index (χ3v) is 4.80. The molecule has 2 unspecified atom stereocenters. The number of carbonyl (C=O) groups is 3. The minimum Gasteiger partial charge on any atom is -0.465 e. The van der Waals surface area contributed by atoms with Gasteiger partial charge in [-0.2, -0.15) is 14.8 Å². The average Bonchev–Trinajstić information content (AvgIpc) is 3.23. The van der Waals surface area contributed by atoms with Gasteiger partial charge in [0.25, 0.3) is 0 Å². The number of fused-ring (bicyclic) bond motifs is 4. The first-order chi connectivity index (χ1) is 13.5. The molecule has 4 N–H and O–H groups in total. The Hall–Kier alpha value is -3.60. The number of hydrogen-bond donors (Lipinski definition) is 3. The third-order valence-electron chi connectivity index (χ3n) is 4.80. The standard InChI is InChI=1S/C17H18N6O5/c18-15(24)22-7-11-13-8-21(12(14(11)20-22)6-19-16(25)26)17(27)23(13)28-9-10-4-2-1-3-5-10/h1-5,7,12-13,19H,6,8-9H2,(H2,18,24)(H,25,26). The molecular weight excluding hydrogens is 368 g/mol. The molecule has 4 rings (SSSR count). The maximum atomic E-state index is 12.9. The van der Waals surface area contributed by atoms with Crippen molar-refractivity contribution >= 4 is 18.2 Å². The monoisotopic (exact) mass is 386 g/mol. The molecule has 2 atom stereocenters. The number of rotatable bonds is 5. The van der Waals surface area contributed by atoms with Crippen molar-refractivity contribution in [3.05, 3.63) is 53.3 Å². The Morgan fingerprint density at radius 1 is 1.32 bits per heavy atom. The summed E-state index contributed by atoms with van der Waals surface area (Å²) >= 11 is 0. The molecular formula is C17H18N6O5.